The molecule has 0 N–H and O–H groups in total. The van der Waals surface area contributed by atoms with Crippen LogP contribution in [-0.2, 0) is 60.6 Å². The zero-order valence-corrected chi connectivity index (χ0v) is 33.7. The van der Waals surface area contributed by atoms with Crippen molar-refractivity contribution in [3.05, 3.63) is 82.2 Å². The quantitative estimate of drug-likeness (QED) is 0.0398. The Kier molecular flexibility index (Phi) is 16.6. The van der Waals surface area contributed by atoms with Gasteiger partial charge in [0.1, 0.15) is 18.8 Å². The standard InChI is InChI=1S/C43H59N3O10/c1-9-10-17-22-48-41-29(5)39(51-24-34-20-15-12-16-21-34)40(31(7)53-41)56-43-36(45-46-44)27(3)38(35(54-43)25-49-32(8)47)55-42-28(4)37(26(2)30(6)52-42)50-23-33-18-13-11-14-19-33/h1,11-16,18-21,26-31,35-43H,10,17,22-25H2,2-8H3/t26-,27+,28?,29?,30?,31?,35?,36?,37+,38+,39-,40-,41+,42-,43-/m0/s1. The molecule has 13 nitrogen and oxygen atoms in total. The van der Waals surface area contributed by atoms with Gasteiger partial charge in [0.25, 0.3) is 0 Å². The molecule has 6 unspecified atom stereocenters. The van der Waals surface area contributed by atoms with Gasteiger partial charge in [-0.25, -0.2) is 0 Å². The second-order valence-corrected chi connectivity index (χ2v) is 15.3. The summed E-state index contributed by atoms with van der Waals surface area (Å²) in [4.78, 5) is 15.3. The molecular formula is C43H59N3O10. The minimum absolute atomic E-state index is 0.0891. The van der Waals surface area contributed by atoms with Gasteiger partial charge >= 0.3 is 5.97 Å². The summed E-state index contributed by atoms with van der Waals surface area (Å²) in [5.41, 5.74) is 11.9. The van der Waals surface area contributed by atoms with Gasteiger partial charge in [-0.3, -0.25) is 4.79 Å². The number of hydrogen-bond acceptors (Lipinski definition) is 11. The van der Waals surface area contributed by atoms with Crippen molar-refractivity contribution in [2.24, 2.45) is 28.8 Å². The van der Waals surface area contributed by atoms with Crippen LogP contribution < -0.4 is 0 Å². The summed E-state index contributed by atoms with van der Waals surface area (Å²) < 4.78 is 57.9. The Hall–Kier alpha value is -3.54. The lowest BCUT2D eigenvalue weighted by molar-refractivity contribution is -0.350. The molecule has 3 aliphatic rings. The lowest BCUT2D eigenvalue weighted by Gasteiger charge is -2.50. The van der Waals surface area contributed by atoms with Crippen molar-refractivity contribution in [3.63, 3.8) is 0 Å². The minimum Gasteiger partial charge on any atom is -0.463 e. The summed E-state index contributed by atoms with van der Waals surface area (Å²) in [6.07, 6.45) is 0.888. The molecule has 306 valence electrons. The fraction of sp³-hybridized carbons (Fsp3) is 0.651. The summed E-state index contributed by atoms with van der Waals surface area (Å²) in [5, 5.41) is 4.20. The van der Waals surface area contributed by atoms with Crippen LogP contribution in [0.2, 0.25) is 0 Å². The van der Waals surface area contributed by atoms with E-state index < -0.39 is 67.3 Å². The van der Waals surface area contributed by atoms with Crippen LogP contribution in [0.3, 0.4) is 0 Å². The first-order valence-electron chi connectivity index (χ1n) is 19.8. The number of carbonyl (C=O) groups excluding carboxylic acids is 1. The highest BCUT2D eigenvalue weighted by Crippen LogP contribution is 2.40. The molecule has 13 heteroatoms. The molecule has 3 aliphatic heterocycles. The van der Waals surface area contributed by atoms with Crippen LogP contribution in [0.25, 0.3) is 10.4 Å². The molecule has 0 bridgehead atoms. The molecule has 0 radical (unpaired) electrons. The Morgan fingerprint density at radius 2 is 1.32 bits per heavy atom. The fourth-order valence-corrected chi connectivity index (χ4v) is 7.78. The topological polar surface area (TPSA) is 149 Å². The van der Waals surface area contributed by atoms with Crippen molar-refractivity contribution in [1.82, 2.24) is 0 Å². The molecule has 5 rings (SSSR count). The molecule has 0 saturated carbocycles. The van der Waals surface area contributed by atoms with Gasteiger partial charge in [-0.05, 0) is 42.8 Å². The molecular weight excluding hydrogens is 718 g/mol. The van der Waals surface area contributed by atoms with Crippen LogP contribution in [0.4, 0.5) is 0 Å². The average Bonchev–Trinajstić information content (AvgIpc) is 3.19. The van der Waals surface area contributed by atoms with E-state index in [4.69, 9.17) is 49.1 Å². The molecule has 0 spiro atoms. The molecule has 0 aliphatic carbocycles. The maximum absolute atomic E-state index is 12.1. The van der Waals surface area contributed by atoms with E-state index in [0.29, 0.717) is 32.7 Å². The van der Waals surface area contributed by atoms with Crippen LogP contribution in [-0.4, -0.2) is 86.8 Å². The summed E-state index contributed by atoms with van der Waals surface area (Å²) in [7, 11) is 0. The summed E-state index contributed by atoms with van der Waals surface area (Å²) in [5.74, 6) is 1.36. The van der Waals surface area contributed by atoms with E-state index >= 15 is 0 Å². The van der Waals surface area contributed by atoms with Crippen LogP contribution in [0.15, 0.2) is 65.8 Å². The van der Waals surface area contributed by atoms with Gasteiger partial charge in [-0.1, -0.05) is 93.5 Å². The smallest absolute Gasteiger partial charge is 0.302 e. The summed E-state index contributed by atoms with van der Waals surface area (Å²) in [6, 6.07) is 19.1. The van der Waals surface area contributed by atoms with Gasteiger partial charge in [0.15, 0.2) is 18.9 Å². The highest BCUT2D eigenvalue weighted by Gasteiger charge is 2.52. The van der Waals surface area contributed by atoms with Gasteiger partial charge < -0.3 is 42.6 Å². The highest BCUT2D eigenvalue weighted by molar-refractivity contribution is 5.65. The zero-order chi connectivity index (χ0) is 40.2. The number of nitrogens with zero attached hydrogens (tertiary/aromatic N) is 3. The second kappa shape index (κ2) is 21.3. The average molecular weight is 778 g/mol. The number of unbranched alkanes of at least 4 members (excludes halogenated alkanes) is 1. The number of rotatable bonds is 17. The Labute approximate surface area is 331 Å². The van der Waals surface area contributed by atoms with Crippen molar-refractivity contribution in [2.75, 3.05) is 13.2 Å². The fourth-order valence-electron chi connectivity index (χ4n) is 7.78. The van der Waals surface area contributed by atoms with Gasteiger partial charge in [0, 0.05) is 36.0 Å². The molecule has 2 aromatic rings. The van der Waals surface area contributed by atoms with Gasteiger partial charge in [0.2, 0.25) is 0 Å². The molecule has 2 aromatic carbocycles. The molecule has 15 atom stereocenters. The SMILES string of the molecule is C#CCCCO[C@@H]1OC(C)[C@H](O[C@@H]2OC(COC(C)=O)[C@H](O[C@@H]3OC(C)[C@H](C)[C@@H](OCc4ccccc4)C3C)[C@H](C)C2N=[N+]=[N-])[C@@H](OCc2ccccc2)C1C. The number of terminal acetylenes is 1. The van der Waals surface area contributed by atoms with Crippen LogP contribution in [0.5, 0.6) is 0 Å². The van der Waals surface area contributed by atoms with Crippen molar-refractivity contribution in [2.45, 2.75) is 142 Å². The third kappa shape index (κ3) is 11.3. The van der Waals surface area contributed by atoms with E-state index in [1.807, 2.05) is 95.3 Å². The van der Waals surface area contributed by atoms with Crippen molar-refractivity contribution >= 4 is 5.97 Å². The first-order valence-corrected chi connectivity index (χ1v) is 19.8. The van der Waals surface area contributed by atoms with Crippen molar-refractivity contribution in [3.8, 4) is 12.3 Å². The molecule has 3 saturated heterocycles. The predicted molar refractivity (Wildman–Crippen MR) is 207 cm³/mol. The monoisotopic (exact) mass is 777 g/mol. The Morgan fingerprint density at radius 1 is 0.732 bits per heavy atom. The Balaban J connectivity index is 1.37. The first kappa shape index (κ1) is 43.6. The number of carbonyl (C=O) groups is 1. The van der Waals surface area contributed by atoms with Crippen molar-refractivity contribution < 1.29 is 47.4 Å². The van der Waals surface area contributed by atoms with Gasteiger partial charge in [0.05, 0.1) is 56.4 Å². The first-order chi connectivity index (χ1) is 27.0. The summed E-state index contributed by atoms with van der Waals surface area (Å²) in [6.45, 7) is 14.4. The van der Waals surface area contributed by atoms with Gasteiger partial charge in [-0.2, -0.15) is 0 Å². The van der Waals surface area contributed by atoms with Crippen LogP contribution in [0, 0.1) is 36.0 Å². The number of benzene rings is 2. The van der Waals surface area contributed by atoms with E-state index in [0.717, 1.165) is 11.1 Å². The lowest BCUT2D eigenvalue weighted by Crippen LogP contribution is -2.62. The molecule has 3 fully saturated rings. The largest absolute Gasteiger partial charge is 0.463 e. The molecule has 0 amide bonds. The van der Waals surface area contributed by atoms with E-state index in [2.05, 4.69) is 22.9 Å². The molecule has 3 heterocycles. The van der Waals surface area contributed by atoms with E-state index in [1.165, 1.54) is 6.92 Å². The van der Waals surface area contributed by atoms with E-state index in [1.54, 1.807) is 0 Å². The zero-order valence-electron chi connectivity index (χ0n) is 33.7. The molecule has 56 heavy (non-hydrogen) atoms. The second-order valence-electron chi connectivity index (χ2n) is 15.3. The number of ether oxygens (including phenoxy) is 9. The van der Waals surface area contributed by atoms with Crippen LogP contribution in [0.1, 0.15) is 72.4 Å². The normalized spacial score (nSPS) is 35.9. The number of esters is 1. The Morgan fingerprint density at radius 3 is 1.93 bits per heavy atom. The number of hydrogen-bond donors (Lipinski definition) is 0. The highest BCUT2D eigenvalue weighted by atomic mass is 16.7. The molecule has 0 aromatic heterocycles. The summed E-state index contributed by atoms with van der Waals surface area (Å²) >= 11 is 0. The number of azide groups is 1. The maximum Gasteiger partial charge on any atom is 0.302 e. The van der Waals surface area contributed by atoms with E-state index in [9.17, 15) is 10.3 Å². The Bertz CT molecular complexity index is 1590. The third-order valence-electron chi connectivity index (χ3n) is 11.2. The van der Waals surface area contributed by atoms with Crippen LogP contribution >= 0.6 is 0 Å². The maximum atomic E-state index is 12.1. The van der Waals surface area contributed by atoms with Gasteiger partial charge in [-0.15, -0.1) is 12.3 Å². The van der Waals surface area contributed by atoms with Crippen molar-refractivity contribution in [1.29, 1.82) is 0 Å². The lowest BCUT2D eigenvalue weighted by atomic mass is 9.85. The predicted octanol–water partition coefficient (Wildman–Crippen LogP) is 7.36. The third-order valence-corrected chi connectivity index (χ3v) is 11.2. The minimum atomic E-state index is -1.06. The van der Waals surface area contributed by atoms with E-state index in [-0.39, 0.29) is 36.6 Å².